The summed E-state index contributed by atoms with van der Waals surface area (Å²) in [6.45, 7) is 0.368. The van der Waals surface area contributed by atoms with E-state index in [1.54, 1.807) is 18.3 Å². The number of aromatic nitrogens is 1. The number of nitrogens with zero attached hydrogens (tertiary/aromatic N) is 1. The van der Waals surface area contributed by atoms with E-state index >= 15 is 0 Å². The van der Waals surface area contributed by atoms with Crippen molar-refractivity contribution in [2.75, 3.05) is 7.11 Å². The fraction of sp³-hybridized carbons (Fsp3) is 0.167. The number of halogens is 1. The molecule has 0 aliphatic rings. The fourth-order valence-corrected chi connectivity index (χ4v) is 2.51. The Labute approximate surface area is 117 Å². The van der Waals surface area contributed by atoms with Crippen LogP contribution < -0.4 is 9.47 Å². The molecule has 1 aromatic carbocycles. The second-order valence-corrected chi connectivity index (χ2v) is 5.20. The molecule has 0 unspecified atom stereocenters. The van der Waals surface area contributed by atoms with E-state index in [9.17, 15) is 4.79 Å². The molecular weight excluding hydrogens is 318 g/mol. The van der Waals surface area contributed by atoms with Crippen molar-refractivity contribution in [3.05, 3.63) is 38.8 Å². The highest BCUT2D eigenvalue weighted by Crippen LogP contribution is 2.36. The van der Waals surface area contributed by atoms with Crippen LogP contribution in [-0.4, -0.2) is 18.4 Å². The van der Waals surface area contributed by atoms with Crippen molar-refractivity contribution in [1.82, 2.24) is 4.98 Å². The van der Waals surface area contributed by atoms with Gasteiger partial charge in [-0.25, -0.2) is 4.98 Å². The smallest absolute Gasteiger partial charge is 0.175 e. The summed E-state index contributed by atoms with van der Waals surface area (Å²) in [5, 5.41) is 2.77. The number of methoxy groups -OCH3 is 1. The number of ether oxygens (including phenoxy) is 2. The zero-order chi connectivity index (χ0) is 13.0. The Bertz CT molecular complexity index is 543. The van der Waals surface area contributed by atoms with Crippen LogP contribution in [0.2, 0.25) is 0 Å². The van der Waals surface area contributed by atoms with Crippen molar-refractivity contribution >= 4 is 33.6 Å². The van der Waals surface area contributed by atoms with E-state index in [1.807, 2.05) is 5.38 Å². The number of carbonyl (C=O) groups excluding carboxylic acids is 1. The number of benzene rings is 1. The molecule has 6 heteroatoms. The molecule has 0 N–H and O–H groups in total. The van der Waals surface area contributed by atoms with Crippen LogP contribution in [0.15, 0.2) is 28.2 Å². The molecule has 0 atom stereocenters. The molecule has 1 heterocycles. The maximum absolute atomic E-state index is 10.8. The number of carbonyl (C=O) groups is 1. The molecule has 0 aliphatic heterocycles. The third-order valence-corrected chi connectivity index (χ3v) is 3.55. The Hall–Kier alpha value is -1.40. The Morgan fingerprint density at radius 1 is 1.50 bits per heavy atom. The Morgan fingerprint density at radius 3 is 2.94 bits per heavy atom. The molecule has 0 aliphatic carbocycles. The van der Waals surface area contributed by atoms with Gasteiger partial charge in [0.05, 0.1) is 11.6 Å². The Balaban J connectivity index is 2.23. The minimum atomic E-state index is 0.368. The minimum Gasteiger partial charge on any atom is -0.493 e. The summed E-state index contributed by atoms with van der Waals surface area (Å²) in [6, 6.07) is 3.32. The predicted octanol–water partition coefficient (Wildman–Crippen LogP) is 3.31. The van der Waals surface area contributed by atoms with Crippen LogP contribution in [0.1, 0.15) is 15.4 Å². The number of hydrogen-bond donors (Lipinski definition) is 0. The van der Waals surface area contributed by atoms with Crippen LogP contribution in [0, 0.1) is 0 Å². The molecule has 0 fully saturated rings. The quantitative estimate of drug-likeness (QED) is 0.790. The summed E-state index contributed by atoms with van der Waals surface area (Å²) in [5.74, 6) is 1.08. The fourth-order valence-electron chi connectivity index (χ4n) is 1.41. The third-order valence-electron chi connectivity index (χ3n) is 2.21. The standard InChI is InChI=1S/C12H10BrNO3S/c1-16-10-5-8(6-15)4-9(13)12(10)17-7-11-14-2-3-18-11/h2-6H,7H2,1H3. The molecule has 94 valence electrons. The van der Waals surface area contributed by atoms with Gasteiger partial charge in [0.1, 0.15) is 17.9 Å². The first-order chi connectivity index (χ1) is 8.74. The van der Waals surface area contributed by atoms with E-state index in [-0.39, 0.29) is 0 Å². The molecule has 4 nitrogen and oxygen atoms in total. The average Bonchev–Trinajstić information content (AvgIpc) is 2.89. The third kappa shape index (κ3) is 2.88. The molecule has 0 amide bonds. The summed E-state index contributed by atoms with van der Waals surface area (Å²) in [6.07, 6.45) is 2.49. The number of rotatable bonds is 5. The molecule has 18 heavy (non-hydrogen) atoms. The summed E-state index contributed by atoms with van der Waals surface area (Å²) < 4.78 is 11.6. The molecule has 2 aromatic rings. The van der Waals surface area contributed by atoms with Gasteiger partial charge in [0.2, 0.25) is 0 Å². The van der Waals surface area contributed by atoms with Crippen LogP contribution in [-0.2, 0) is 6.61 Å². The van der Waals surface area contributed by atoms with E-state index in [4.69, 9.17) is 9.47 Å². The second kappa shape index (κ2) is 5.97. The van der Waals surface area contributed by atoms with Gasteiger partial charge in [-0.15, -0.1) is 11.3 Å². The number of thiazole rings is 1. The van der Waals surface area contributed by atoms with Gasteiger partial charge < -0.3 is 9.47 Å². The van der Waals surface area contributed by atoms with Gasteiger partial charge in [-0.2, -0.15) is 0 Å². The maximum atomic E-state index is 10.8. The van der Waals surface area contributed by atoms with E-state index in [2.05, 4.69) is 20.9 Å². The normalized spacial score (nSPS) is 10.1. The Kier molecular flexibility index (Phi) is 4.33. The Morgan fingerprint density at radius 2 is 2.33 bits per heavy atom. The second-order valence-electron chi connectivity index (χ2n) is 3.37. The van der Waals surface area contributed by atoms with Crippen LogP contribution >= 0.6 is 27.3 Å². The lowest BCUT2D eigenvalue weighted by molar-refractivity contribution is 0.112. The minimum absolute atomic E-state index is 0.368. The summed E-state index contributed by atoms with van der Waals surface area (Å²) >= 11 is 4.88. The van der Waals surface area contributed by atoms with Gasteiger partial charge >= 0.3 is 0 Å². The molecule has 0 radical (unpaired) electrons. The van der Waals surface area contributed by atoms with E-state index in [0.29, 0.717) is 28.1 Å². The van der Waals surface area contributed by atoms with Crippen molar-refractivity contribution in [3.8, 4) is 11.5 Å². The number of aldehydes is 1. The SMILES string of the molecule is COc1cc(C=O)cc(Br)c1OCc1nccs1. The summed E-state index contributed by atoms with van der Waals surface area (Å²) in [4.78, 5) is 14.9. The highest BCUT2D eigenvalue weighted by Gasteiger charge is 2.12. The molecule has 1 aromatic heterocycles. The average molecular weight is 328 g/mol. The van der Waals surface area contributed by atoms with E-state index in [0.717, 1.165) is 11.3 Å². The predicted molar refractivity (Wildman–Crippen MR) is 72.5 cm³/mol. The van der Waals surface area contributed by atoms with Gasteiger partial charge in [0.25, 0.3) is 0 Å². The molecule has 0 saturated heterocycles. The first-order valence-corrected chi connectivity index (χ1v) is 6.75. The van der Waals surface area contributed by atoms with Gasteiger partial charge in [-0.1, -0.05) is 0 Å². The lowest BCUT2D eigenvalue weighted by atomic mass is 10.2. The molecule has 0 spiro atoms. The maximum Gasteiger partial charge on any atom is 0.175 e. The monoisotopic (exact) mass is 327 g/mol. The highest BCUT2D eigenvalue weighted by molar-refractivity contribution is 9.10. The first-order valence-electron chi connectivity index (χ1n) is 5.08. The lowest BCUT2D eigenvalue weighted by Crippen LogP contribution is -1.99. The van der Waals surface area contributed by atoms with Crippen molar-refractivity contribution in [2.45, 2.75) is 6.61 Å². The zero-order valence-corrected chi connectivity index (χ0v) is 12.0. The van der Waals surface area contributed by atoms with E-state index in [1.165, 1.54) is 18.4 Å². The lowest BCUT2D eigenvalue weighted by Gasteiger charge is -2.12. The largest absolute Gasteiger partial charge is 0.493 e. The zero-order valence-electron chi connectivity index (χ0n) is 9.55. The molecule has 0 bridgehead atoms. The molecule has 0 saturated carbocycles. The topological polar surface area (TPSA) is 48.4 Å². The summed E-state index contributed by atoms with van der Waals surface area (Å²) in [7, 11) is 1.53. The van der Waals surface area contributed by atoms with Crippen LogP contribution in [0.25, 0.3) is 0 Å². The van der Waals surface area contributed by atoms with Crippen molar-refractivity contribution in [2.24, 2.45) is 0 Å². The van der Waals surface area contributed by atoms with E-state index < -0.39 is 0 Å². The number of hydrogen-bond acceptors (Lipinski definition) is 5. The van der Waals surface area contributed by atoms with Crippen LogP contribution in [0.3, 0.4) is 0 Å². The van der Waals surface area contributed by atoms with Crippen molar-refractivity contribution in [1.29, 1.82) is 0 Å². The highest BCUT2D eigenvalue weighted by atomic mass is 79.9. The van der Waals surface area contributed by atoms with Gasteiger partial charge in [0.15, 0.2) is 11.5 Å². The van der Waals surface area contributed by atoms with Crippen molar-refractivity contribution in [3.63, 3.8) is 0 Å². The first kappa shape index (κ1) is 13.0. The van der Waals surface area contributed by atoms with Crippen LogP contribution in [0.4, 0.5) is 0 Å². The van der Waals surface area contributed by atoms with Crippen LogP contribution in [0.5, 0.6) is 11.5 Å². The molecular formula is C12H10BrNO3S. The summed E-state index contributed by atoms with van der Waals surface area (Å²) in [5.41, 5.74) is 0.528. The van der Waals surface area contributed by atoms with Gasteiger partial charge in [-0.05, 0) is 28.1 Å². The van der Waals surface area contributed by atoms with Gasteiger partial charge in [-0.3, -0.25) is 4.79 Å². The molecule has 2 rings (SSSR count). The van der Waals surface area contributed by atoms with Crippen molar-refractivity contribution < 1.29 is 14.3 Å². The van der Waals surface area contributed by atoms with Gasteiger partial charge in [0, 0.05) is 17.1 Å².